The molecule has 0 radical (unpaired) electrons. The van der Waals surface area contributed by atoms with Crippen molar-refractivity contribution in [2.45, 2.75) is 19.9 Å². The van der Waals surface area contributed by atoms with Crippen molar-refractivity contribution >= 4 is 11.6 Å². The van der Waals surface area contributed by atoms with Gasteiger partial charge in [0.2, 0.25) is 0 Å². The molecule has 1 amide bonds. The molecule has 0 bridgehead atoms. The minimum atomic E-state index is -0.147. The van der Waals surface area contributed by atoms with Gasteiger partial charge < -0.3 is 10.6 Å². The van der Waals surface area contributed by atoms with Crippen molar-refractivity contribution in [2.75, 3.05) is 11.9 Å². The first-order valence-corrected chi connectivity index (χ1v) is 6.73. The lowest BCUT2D eigenvalue weighted by Gasteiger charge is -2.14. The summed E-state index contributed by atoms with van der Waals surface area (Å²) in [7, 11) is 1.79. The van der Waals surface area contributed by atoms with E-state index >= 15 is 0 Å². The van der Waals surface area contributed by atoms with Crippen molar-refractivity contribution in [3.8, 4) is 0 Å². The van der Waals surface area contributed by atoms with Gasteiger partial charge in [-0.05, 0) is 31.2 Å². The van der Waals surface area contributed by atoms with Gasteiger partial charge in [-0.3, -0.25) is 9.48 Å². The number of carbonyl (C=O) groups excluding carboxylic acids is 1. The first-order chi connectivity index (χ1) is 9.60. The molecule has 1 aromatic carbocycles. The second-order valence-corrected chi connectivity index (χ2v) is 4.76. The topological polar surface area (TPSA) is 58.9 Å². The number of aromatic nitrogens is 2. The van der Waals surface area contributed by atoms with Gasteiger partial charge in [-0.15, -0.1) is 0 Å². The van der Waals surface area contributed by atoms with Crippen LogP contribution in [0.5, 0.6) is 0 Å². The minimum absolute atomic E-state index is 0.147. The summed E-state index contributed by atoms with van der Waals surface area (Å²) in [5.41, 5.74) is 2.49. The Morgan fingerprint density at radius 3 is 2.90 bits per heavy atom. The maximum atomic E-state index is 12.1. The molecule has 0 spiro atoms. The van der Waals surface area contributed by atoms with Gasteiger partial charge in [-0.25, -0.2) is 0 Å². The fourth-order valence-electron chi connectivity index (χ4n) is 2.05. The van der Waals surface area contributed by atoms with E-state index in [2.05, 4.69) is 29.6 Å². The van der Waals surface area contributed by atoms with Gasteiger partial charge in [-0.2, -0.15) is 5.10 Å². The molecule has 2 aromatic rings. The molecule has 1 atom stereocenters. The normalized spacial score (nSPS) is 12.2. The summed E-state index contributed by atoms with van der Waals surface area (Å²) >= 11 is 0. The maximum absolute atomic E-state index is 12.1. The molecular formula is C15H20N4O. The number of nitrogens with one attached hydrogen (secondary N) is 2. The number of benzene rings is 1. The Bertz CT molecular complexity index is 591. The van der Waals surface area contributed by atoms with E-state index in [1.165, 1.54) is 0 Å². The van der Waals surface area contributed by atoms with Crippen molar-refractivity contribution in [1.82, 2.24) is 15.1 Å². The van der Waals surface area contributed by atoms with E-state index in [1.54, 1.807) is 24.1 Å². The van der Waals surface area contributed by atoms with Crippen molar-refractivity contribution < 1.29 is 4.79 Å². The van der Waals surface area contributed by atoms with Gasteiger partial charge in [0.15, 0.2) is 0 Å². The molecule has 5 nitrogen and oxygen atoms in total. The number of aryl methyl sites for hydroxylation is 1. The van der Waals surface area contributed by atoms with Gasteiger partial charge in [0.1, 0.15) is 0 Å². The number of amides is 1. The van der Waals surface area contributed by atoms with Crippen LogP contribution < -0.4 is 10.6 Å². The predicted octanol–water partition coefficient (Wildman–Crippen LogP) is 2.34. The number of carbonyl (C=O) groups is 1. The molecule has 0 aliphatic carbocycles. The summed E-state index contributed by atoms with van der Waals surface area (Å²) in [5, 5.41) is 10.2. The lowest BCUT2D eigenvalue weighted by Crippen LogP contribution is -2.18. The Morgan fingerprint density at radius 1 is 1.45 bits per heavy atom. The summed E-state index contributed by atoms with van der Waals surface area (Å²) < 4.78 is 1.61. The average Bonchev–Trinajstić information content (AvgIpc) is 2.86. The van der Waals surface area contributed by atoms with Crippen LogP contribution in [-0.4, -0.2) is 22.2 Å². The Morgan fingerprint density at radius 2 is 2.25 bits per heavy atom. The lowest BCUT2D eigenvalue weighted by atomic mass is 10.1. The fourth-order valence-corrected chi connectivity index (χ4v) is 2.05. The van der Waals surface area contributed by atoms with Crippen molar-refractivity contribution in [1.29, 1.82) is 0 Å². The second kappa shape index (κ2) is 6.34. The van der Waals surface area contributed by atoms with Crippen LogP contribution in [0.2, 0.25) is 0 Å². The van der Waals surface area contributed by atoms with Crippen LogP contribution in [0.1, 0.15) is 35.8 Å². The van der Waals surface area contributed by atoms with Gasteiger partial charge in [0, 0.05) is 25.0 Å². The molecule has 1 unspecified atom stereocenters. The van der Waals surface area contributed by atoms with Gasteiger partial charge in [-0.1, -0.05) is 19.1 Å². The molecule has 0 saturated carbocycles. The molecule has 5 heteroatoms. The van der Waals surface area contributed by atoms with E-state index in [1.807, 2.05) is 24.3 Å². The molecule has 1 aromatic heterocycles. The minimum Gasteiger partial charge on any atom is -0.322 e. The second-order valence-electron chi connectivity index (χ2n) is 4.76. The zero-order valence-electron chi connectivity index (χ0n) is 12.1. The van der Waals surface area contributed by atoms with Gasteiger partial charge in [0.05, 0.1) is 11.8 Å². The van der Waals surface area contributed by atoms with E-state index in [0.717, 1.165) is 17.8 Å². The Labute approximate surface area is 119 Å². The first-order valence-electron chi connectivity index (χ1n) is 6.73. The summed E-state index contributed by atoms with van der Waals surface area (Å²) in [5.74, 6) is -0.147. The third-order valence-electron chi connectivity index (χ3n) is 3.12. The SMILES string of the molecule is CCNC(C)c1cccc(NC(=O)c2cnn(C)c2)c1. The van der Waals surface area contributed by atoms with Crippen LogP contribution in [0.4, 0.5) is 5.69 Å². The van der Waals surface area contributed by atoms with E-state index < -0.39 is 0 Å². The van der Waals surface area contributed by atoms with Crippen LogP contribution in [0.3, 0.4) is 0 Å². The smallest absolute Gasteiger partial charge is 0.258 e. The third-order valence-corrected chi connectivity index (χ3v) is 3.12. The van der Waals surface area contributed by atoms with Crippen LogP contribution in [0.25, 0.3) is 0 Å². The van der Waals surface area contributed by atoms with E-state index in [9.17, 15) is 4.79 Å². The van der Waals surface area contributed by atoms with Crippen LogP contribution in [-0.2, 0) is 7.05 Å². The Balaban J connectivity index is 2.09. The van der Waals surface area contributed by atoms with E-state index in [-0.39, 0.29) is 11.9 Å². The molecule has 106 valence electrons. The van der Waals surface area contributed by atoms with Crippen molar-refractivity contribution in [3.63, 3.8) is 0 Å². The average molecular weight is 272 g/mol. The molecule has 0 aliphatic heterocycles. The monoisotopic (exact) mass is 272 g/mol. The highest BCUT2D eigenvalue weighted by Crippen LogP contribution is 2.17. The summed E-state index contributed by atoms with van der Waals surface area (Å²) in [6.07, 6.45) is 3.25. The number of anilines is 1. The van der Waals surface area contributed by atoms with Crippen LogP contribution in [0, 0.1) is 0 Å². The quantitative estimate of drug-likeness (QED) is 0.878. The standard InChI is InChI=1S/C15H20N4O/c1-4-16-11(2)12-6-5-7-14(8-12)18-15(20)13-9-17-19(3)10-13/h5-11,16H,4H2,1-3H3,(H,18,20). The first kappa shape index (κ1) is 14.3. The van der Waals surface area contributed by atoms with Crippen molar-refractivity contribution in [2.24, 2.45) is 7.05 Å². The van der Waals surface area contributed by atoms with Crippen LogP contribution in [0.15, 0.2) is 36.7 Å². The molecule has 0 aliphatic rings. The molecule has 0 saturated heterocycles. The Kier molecular flexibility index (Phi) is 4.53. The van der Waals surface area contributed by atoms with E-state index in [4.69, 9.17) is 0 Å². The lowest BCUT2D eigenvalue weighted by molar-refractivity contribution is 0.102. The van der Waals surface area contributed by atoms with E-state index in [0.29, 0.717) is 5.56 Å². The molecule has 1 heterocycles. The molecular weight excluding hydrogens is 252 g/mol. The Hall–Kier alpha value is -2.14. The summed E-state index contributed by atoms with van der Waals surface area (Å²) in [6, 6.07) is 8.13. The van der Waals surface area contributed by atoms with Crippen LogP contribution >= 0.6 is 0 Å². The number of rotatable bonds is 5. The number of nitrogens with zero attached hydrogens (tertiary/aromatic N) is 2. The summed E-state index contributed by atoms with van der Waals surface area (Å²) in [6.45, 7) is 5.09. The van der Waals surface area contributed by atoms with Gasteiger partial charge in [0.25, 0.3) is 5.91 Å². The number of hydrogen-bond acceptors (Lipinski definition) is 3. The molecule has 0 fully saturated rings. The zero-order valence-corrected chi connectivity index (χ0v) is 12.1. The zero-order chi connectivity index (χ0) is 14.5. The fraction of sp³-hybridized carbons (Fsp3) is 0.333. The molecule has 2 N–H and O–H groups in total. The highest BCUT2D eigenvalue weighted by Gasteiger charge is 2.09. The molecule has 20 heavy (non-hydrogen) atoms. The van der Waals surface area contributed by atoms with Crippen molar-refractivity contribution in [3.05, 3.63) is 47.8 Å². The maximum Gasteiger partial charge on any atom is 0.258 e. The third kappa shape index (κ3) is 3.45. The predicted molar refractivity (Wildman–Crippen MR) is 79.7 cm³/mol. The van der Waals surface area contributed by atoms with Gasteiger partial charge >= 0.3 is 0 Å². The largest absolute Gasteiger partial charge is 0.322 e. The summed E-state index contributed by atoms with van der Waals surface area (Å²) in [4.78, 5) is 12.1. The highest BCUT2D eigenvalue weighted by atomic mass is 16.1. The number of hydrogen-bond donors (Lipinski definition) is 2. The molecule has 2 rings (SSSR count). The highest BCUT2D eigenvalue weighted by molar-refractivity contribution is 6.03.